The van der Waals surface area contributed by atoms with Crippen molar-refractivity contribution in [2.24, 2.45) is 0 Å². The minimum atomic E-state index is -0.0881. The second-order valence-electron chi connectivity index (χ2n) is 6.24. The summed E-state index contributed by atoms with van der Waals surface area (Å²) in [6.45, 7) is 6.16. The second-order valence-corrected chi connectivity index (χ2v) is 7.18. The fourth-order valence-corrected chi connectivity index (χ4v) is 3.64. The lowest BCUT2D eigenvalue weighted by Gasteiger charge is -2.21. The molecule has 152 valence electrons. The van der Waals surface area contributed by atoms with Crippen LogP contribution >= 0.6 is 11.8 Å². The molecule has 0 aliphatic heterocycles. The monoisotopic (exact) mass is 411 g/mol. The maximum atomic E-state index is 12.4. The number of hydrogen-bond donors (Lipinski definition) is 1. The van der Waals surface area contributed by atoms with Gasteiger partial charge in [0.15, 0.2) is 5.16 Å². The number of carbonyl (C=O) groups is 1. The van der Waals surface area contributed by atoms with E-state index in [4.69, 9.17) is 4.74 Å². The third kappa shape index (κ3) is 5.29. The Morgan fingerprint density at radius 3 is 2.41 bits per heavy atom. The van der Waals surface area contributed by atoms with E-state index in [0.717, 1.165) is 35.9 Å². The van der Waals surface area contributed by atoms with Crippen LogP contribution in [0.3, 0.4) is 0 Å². The zero-order valence-electron chi connectivity index (χ0n) is 16.8. The molecule has 1 amide bonds. The van der Waals surface area contributed by atoms with Crippen LogP contribution < -0.4 is 15.0 Å². The summed E-state index contributed by atoms with van der Waals surface area (Å²) in [5, 5.41) is 11.7. The number of benzene rings is 2. The zero-order valence-corrected chi connectivity index (χ0v) is 17.6. The largest absolute Gasteiger partial charge is 0.497 e. The highest BCUT2D eigenvalue weighted by Crippen LogP contribution is 2.22. The molecule has 0 unspecified atom stereocenters. The van der Waals surface area contributed by atoms with Gasteiger partial charge in [0.2, 0.25) is 5.91 Å². The van der Waals surface area contributed by atoms with Crippen LogP contribution in [0.4, 0.5) is 11.4 Å². The predicted octanol–water partition coefficient (Wildman–Crippen LogP) is 3.85. The molecule has 2 aromatic carbocycles. The number of anilines is 2. The molecule has 0 saturated heterocycles. The van der Waals surface area contributed by atoms with E-state index < -0.39 is 0 Å². The fraction of sp³-hybridized carbons (Fsp3) is 0.286. The number of carbonyl (C=O) groups excluding carboxylic acids is 1. The quantitative estimate of drug-likeness (QED) is 0.539. The van der Waals surface area contributed by atoms with Gasteiger partial charge in [-0.25, -0.2) is 0 Å². The minimum absolute atomic E-state index is 0.0881. The summed E-state index contributed by atoms with van der Waals surface area (Å²) in [6, 6.07) is 15.5. The van der Waals surface area contributed by atoms with Crippen LogP contribution in [0.2, 0.25) is 0 Å². The van der Waals surface area contributed by atoms with E-state index in [1.54, 1.807) is 13.4 Å². The molecule has 0 aliphatic carbocycles. The SMILES string of the molecule is CCN(CC)c1ccc(NC(=O)CSc2nncn2-c2ccc(OC)cc2)cc1. The summed E-state index contributed by atoms with van der Waals surface area (Å²) in [7, 11) is 1.63. The average Bonchev–Trinajstić information content (AvgIpc) is 3.23. The summed E-state index contributed by atoms with van der Waals surface area (Å²) in [5.41, 5.74) is 2.84. The number of rotatable bonds is 9. The van der Waals surface area contributed by atoms with Gasteiger partial charge in [0, 0.05) is 30.2 Å². The molecule has 1 N–H and O–H groups in total. The Morgan fingerprint density at radius 2 is 1.79 bits per heavy atom. The third-order valence-electron chi connectivity index (χ3n) is 4.48. The Kier molecular flexibility index (Phi) is 7.13. The average molecular weight is 412 g/mol. The zero-order chi connectivity index (χ0) is 20.6. The molecule has 29 heavy (non-hydrogen) atoms. The van der Waals surface area contributed by atoms with E-state index in [-0.39, 0.29) is 11.7 Å². The van der Waals surface area contributed by atoms with Crippen LogP contribution in [0.5, 0.6) is 5.75 Å². The topological polar surface area (TPSA) is 72.3 Å². The van der Waals surface area contributed by atoms with Crippen molar-refractivity contribution in [3.05, 3.63) is 54.9 Å². The standard InChI is InChI=1S/C21H25N5O2S/c1-4-25(5-2)17-8-6-16(7-9-17)23-20(27)14-29-21-24-22-15-26(21)18-10-12-19(28-3)13-11-18/h6-13,15H,4-5,14H2,1-3H3,(H,23,27). The highest BCUT2D eigenvalue weighted by atomic mass is 32.2. The summed E-state index contributed by atoms with van der Waals surface area (Å²) < 4.78 is 7.03. The first-order valence-corrected chi connectivity index (χ1v) is 10.4. The highest BCUT2D eigenvalue weighted by molar-refractivity contribution is 7.99. The molecule has 8 heteroatoms. The minimum Gasteiger partial charge on any atom is -0.497 e. The maximum absolute atomic E-state index is 12.4. The highest BCUT2D eigenvalue weighted by Gasteiger charge is 2.11. The van der Waals surface area contributed by atoms with Crippen molar-refractivity contribution in [3.8, 4) is 11.4 Å². The van der Waals surface area contributed by atoms with Gasteiger partial charge in [-0.05, 0) is 62.4 Å². The predicted molar refractivity (Wildman–Crippen MR) is 117 cm³/mol. The molecule has 1 heterocycles. The van der Waals surface area contributed by atoms with Crippen molar-refractivity contribution in [2.75, 3.05) is 36.2 Å². The van der Waals surface area contributed by atoms with Gasteiger partial charge < -0.3 is 15.0 Å². The summed E-state index contributed by atoms with van der Waals surface area (Å²) in [6.07, 6.45) is 1.63. The van der Waals surface area contributed by atoms with Gasteiger partial charge in [0.25, 0.3) is 0 Å². The molecular formula is C21H25N5O2S. The number of ether oxygens (including phenoxy) is 1. The first-order chi connectivity index (χ1) is 14.1. The Morgan fingerprint density at radius 1 is 1.10 bits per heavy atom. The van der Waals surface area contributed by atoms with Gasteiger partial charge >= 0.3 is 0 Å². The van der Waals surface area contributed by atoms with Crippen molar-refractivity contribution in [2.45, 2.75) is 19.0 Å². The normalized spacial score (nSPS) is 10.6. The number of aromatic nitrogens is 3. The molecule has 3 aromatic rings. The van der Waals surface area contributed by atoms with Gasteiger partial charge in [0.1, 0.15) is 12.1 Å². The molecule has 0 atom stereocenters. The third-order valence-corrected chi connectivity index (χ3v) is 5.42. The number of nitrogens with zero attached hydrogens (tertiary/aromatic N) is 4. The molecule has 3 rings (SSSR count). The van der Waals surface area contributed by atoms with Gasteiger partial charge in [-0.15, -0.1) is 10.2 Å². The Bertz CT molecular complexity index is 921. The summed E-state index contributed by atoms with van der Waals surface area (Å²) in [4.78, 5) is 14.6. The molecule has 1 aromatic heterocycles. The van der Waals surface area contributed by atoms with Crippen LogP contribution in [0.25, 0.3) is 5.69 Å². The number of thioether (sulfide) groups is 1. The van der Waals surface area contributed by atoms with E-state index >= 15 is 0 Å². The molecule has 0 fully saturated rings. The lowest BCUT2D eigenvalue weighted by Crippen LogP contribution is -2.21. The van der Waals surface area contributed by atoms with Crippen LogP contribution in [0.1, 0.15) is 13.8 Å². The van der Waals surface area contributed by atoms with E-state index in [2.05, 4.69) is 34.3 Å². The van der Waals surface area contributed by atoms with E-state index in [1.807, 2.05) is 53.1 Å². The van der Waals surface area contributed by atoms with E-state index in [9.17, 15) is 4.79 Å². The van der Waals surface area contributed by atoms with E-state index in [0.29, 0.717) is 5.16 Å². The van der Waals surface area contributed by atoms with Gasteiger partial charge in [-0.3, -0.25) is 9.36 Å². The lowest BCUT2D eigenvalue weighted by molar-refractivity contribution is -0.113. The van der Waals surface area contributed by atoms with Crippen molar-refractivity contribution in [1.29, 1.82) is 0 Å². The van der Waals surface area contributed by atoms with Crippen molar-refractivity contribution in [1.82, 2.24) is 14.8 Å². The molecule has 0 radical (unpaired) electrons. The molecule has 0 spiro atoms. The van der Waals surface area contributed by atoms with Gasteiger partial charge in [0.05, 0.1) is 12.9 Å². The maximum Gasteiger partial charge on any atom is 0.234 e. The number of nitrogens with one attached hydrogen (secondary N) is 1. The summed E-state index contributed by atoms with van der Waals surface area (Å²) in [5.74, 6) is 0.935. The van der Waals surface area contributed by atoms with Crippen LogP contribution in [0, 0.1) is 0 Å². The van der Waals surface area contributed by atoms with Crippen LogP contribution in [0.15, 0.2) is 60.0 Å². The number of methoxy groups -OCH3 is 1. The van der Waals surface area contributed by atoms with Gasteiger partial charge in [-0.2, -0.15) is 0 Å². The summed E-state index contributed by atoms with van der Waals surface area (Å²) >= 11 is 1.34. The molecule has 0 aliphatic rings. The molecule has 0 saturated carbocycles. The molecule has 0 bridgehead atoms. The smallest absolute Gasteiger partial charge is 0.234 e. The number of amides is 1. The van der Waals surface area contributed by atoms with Gasteiger partial charge in [-0.1, -0.05) is 11.8 Å². The fourth-order valence-electron chi connectivity index (χ4n) is 2.91. The number of hydrogen-bond acceptors (Lipinski definition) is 6. The first-order valence-electron chi connectivity index (χ1n) is 9.46. The van der Waals surface area contributed by atoms with Crippen molar-refractivity contribution < 1.29 is 9.53 Å². The first kappa shape index (κ1) is 20.7. The van der Waals surface area contributed by atoms with Crippen LogP contribution in [-0.4, -0.2) is 46.6 Å². The Balaban J connectivity index is 1.58. The van der Waals surface area contributed by atoms with Crippen LogP contribution in [-0.2, 0) is 4.79 Å². The van der Waals surface area contributed by atoms with Crippen molar-refractivity contribution >= 4 is 29.0 Å². The van der Waals surface area contributed by atoms with E-state index in [1.165, 1.54) is 11.8 Å². The lowest BCUT2D eigenvalue weighted by atomic mass is 10.2. The Hall–Kier alpha value is -3.00. The molecule has 7 nitrogen and oxygen atoms in total. The Labute approximate surface area is 175 Å². The van der Waals surface area contributed by atoms with Crippen molar-refractivity contribution in [3.63, 3.8) is 0 Å². The second kappa shape index (κ2) is 9.97. The molecular weight excluding hydrogens is 386 g/mol.